The van der Waals surface area contributed by atoms with Crippen molar-refractivity contribution in [2.45, 2.75) is 18.7 Å². The first kappa shape index (κ1) is 23.0. The number of nitrogens with zero attached hydrogens (tertiary/aromatic N) is 2. The fourth-order valence-corrected chi connectivity index (χ4v) is 4.90. The highest BCUT2D eigenvalue weighted by Crippen LogP contribution is 2.30. The maximum Gasteiger partial charge on any atom is 0.248 e. The van der Waals surface area contributed by atoms with E-state index in [1.165, 1.54) is 10.4 Å². The monoisotopic (exact) mass is 443 g/mol. The molecule has 31 heavy (non-hydrogen) atoms. The van der Waals surface area contributed by atoms with Gasteiger partial charge in [0, 0.05) is 32.3 Å². The summed E-state index contributed by atoms with van der Waals surface area (Å²) in [6, 6.07) is 14.4. The Morgan fingerprint density at radius 3 is 2.42 bits per heavy atom. The lowest BCUT2D eigenvalue weighted by Gasteiger charge is -2.28. The number of hydrogen-bond acceptors (Lipinski definition) is 5. The van der Waals surface area contributed by atoms with E-state index in [9.17, 15) is 13.2 Å². The number of nitrogens with one attached hydrogen (secondary N) is 1. The molecule has 0 aromatic heterocycles. The zero-order valence-electron chi connectivity index (χ0n) is 18.0. The van der Waals surface area contributed by atoms with Crippen molar-refractivity contribution in [2.24, 2.45) is 0 Å². The summed E-state index contributed by atoms with van der Waals surface area (Å²) in [6.45, 7) is 6.90. The van der Waals surface area contributed by atoms with E-state index in [4.69, 9.17) is 4.74 Å². The van der Waals surface area contributed by atoms with Gasteiger partial charge in [-0.2, -0.15) is 4.31 Å². The van der Waals surface area contributed by atoms with Gasteiger partial charge in [0.2, 0.25) is 15.9 Å². The first-order valence-electron chi connectivity index (χ1n) is 10.5. The number of ether oxygens (including phenoxy) is 1. The summed E-state index contributed by atoms with van der Waals surface area (Å²) in [6.07, 6.45) is 3.17. The Morgan fingerprint density at radius 1 is 1.10 bits per heavy atom. The second-order valence-corrected chi connectivity index (χ2v) is 9.04. The Bertz CT molecular complexity index is 1010. The SMILES string of the molecule is CCN(CC)c1ccc(S(=O)(=O)N2CCOCC2)cc1NC(=O)/C=C/c1ccccc1. The Hall–Kier alpha value is -2.68. The first-order valence-corrected chi connectivity index (χ1v) is 11.9. The first-order chi connectivity index (χ1) is 15.0. The van der Waals surface area contributed by atoms with Crippen LogP contribution in [0.3, 0.4) is 0 Å². The lowest BCUT2D eigenvalue weighted by molar-refractivity contribution is -0.111. The van der Waals surface area contributed by atoms with Crippen LogP contribution in [-0.2, 0) is 19.6 Å². The van der Waals surface area contributed by atoms with Crippen LogP contribution in [0.15, 0.2) is 59.5 Å². The molecule has 0 spiro atoms. The van der Waals surface area contributed by atoms with Gasteiger partial charge in [0.25, 0.3) is 0 Å². The van der Waals surface area contributed by atoms with Crippen LogP contribution >= 0.6 is 0 Å². The zero-order chi connectivity index (χ0) is 22.3. The molecule has 2 aromatic carbocycles. The molecule has 1 saturated heterocycles. The van der Waals surface area contributed by atoms with Gasteiger partial charge in [-0.05, 0) is 43.7 Å². The molecule has 1 fully saturated rings. The Kier molecular flexibility index (Phi) is 7.84. The van der Waals surface area contributed by atoms with Gasteiger partial charge < -0.3 is 15.0 Å². The van der Waals surface area contributed by atoms with Gasteiger partial charge in [-0.3, -0.25) is 4.79 Å². The molecule has 1 heterocycles. The molecule has 0 unspecified atom stereocenters. The van der Waals surface area contributed by atoms with Gasteiger partial charge in [0.05, 0.1) is 29.5 Å². The van der Waals surface area contributed by atoms with Crippen LogP contribution in [-0.4, -0.2) is 58.0 Å². The van der Waals surface area contributed by atoms with E-state index in [-0.39, 0.29) is 10.8 Å². The molecule has 2 aromatic rings. The van der Waals surface area contributed by atoms with Crippen molar-refractivity contribution >= 4 is 33.4 Å². The number of carbonyl (C=O) groups is 1. The fraction of sp³-hybridized carbons (Fsp3) is 0.348. The van der Waals surface area contributed by atoms with Crippen molar-refractivity contribution in [1.29, 1.82) is 0 Å². The van der Waals surface area contributed by atoms with E-state index >= 15 is 0 Å². The molecule has 3 rings (SSSR count). The third kappa shape index (κ3) is 5.72. The number of rotatable bonds is 8. The van der Waals surface area contributed by atoms with Crippen LogP contribution < -0.4 is 10.2 Å². The second-order valence-electron chi connectivity index (χ2n) is 7.10. The van der Waals surface area contributed by atoms with Crippen molar-refractivity contribution < 1.29 is 17.9 Å². The summed E-state index contributed by atoms with van der Waals surface area (Å²) in [4.78, 5) is 14.8. The minimum absolute atomic E-state index is 0.160. The Morgan fingerprint density at radius 2 is 1.77 bits per heavy atom. The van der Waals surface area contributed by atoms with E-state index in [0.717, 1.165) is 24.3 Å². The average molecular weight is 444 g/mol. The van der Waals surface area contributed by atoms with Crippen LogP contribution in [0.5, 0.6) is 0 Å². The molecule has 8 heteroatoms. The van der Waals surface area contributed by atoms with Gasteiger partial charge in [0.1, 0.15) is 0 Å². The summed E-state index contributed by atoms with van der Waals surface area (Å²) < 4.78 is 32.9. The quantitative estimate of drug-likeness (QED) is 0.634. The van der Waals surface area contributed by atoms with Gasteiger partial charge in [-0.1, -0.05) is 30.3 Å². The highest BCUT2D eigenvalue weighted by Gasteiger charge is 2.27. The minimum Gasteiger partial charge on any atom is -0.379 e. The van der Waals surface area contributed by atoms with Crippen LogP contribution in [0, 0.1) is 0 Å². The lowest BCUT2D eigenvalue weighted by atomic mass is 10.2. The molecule has 0 aliphatic carbocycles. The van der Waals surface area contributed by atoms with Crippen LogP contribution in [0.25, 0.3) is 6.08 Å². The zero-order valence-corrected chi connectivity index (χ0v) is 18.8. The number of benzene rings is 2. The number of carbonyl (C=O) groups excluding carboxylic acids is 1. The van der Waals surface area contributed by atoms with E-state index in [1.54, 1.807) is 24.3 Å². The summed E-state index contributed by atoms with van der Waals surface area (Å²) in [5, 5.41) is 2.87. The standard InChI is InChI=1S/C23H29N3O4S/c1-3-25(4-2)22-12-11-20(31(28,29)26-14-16-30-17-15-26)18-21(22)24-23(27)13-10-19-8-6-5-7-9-19/h5-13,18H,3-4,14-17H2,1-2H3,(H,24,27)/b13-10+. The van der Waals surface area contributed by atoms with Crippen molar-refractivity contribution in [2.75, 3.05) is 49.6 Å². The largest absolute Gasteiger partial charge is 0.379 e. The molecule has 7 nitrogen and oxygen atoms in total. The van der Waals surface area contributed by atoms with Crippen molar-refractivity contribution in [1.82, 2.24) is 4.31 Å². The molecule has 166 valence electrons. The van der Waals surface area contributed by atoms with E-state index in [0.29, 0.717) is 32.0 Å². The van der Waals surface area contributed by atoms with Gasteiger partial charge >= 0.3 is 0 Å². The summed E-state index contributed by atoms with van der Waals surface area (Å²) in [7, 11) is -3.67. The summed E-state index contributed by atoms with van der Waals surface area (Å²) in [5.74, 6) is -0.321. The highest BCUT2D eigenvalue weighted by atomic mass is 32.2. The van der Waals surface area contributed by atoms with Crippen LogP contribution in [0.4, 0.5) is 11.4 Å². The topological polar surface area (TPSA) is 79.0 Å². The predicted molar refractivity (Wildman–Crippen MR) is 124 cm³/mol. The lowest BCUT2D eigenvalue weighted by Crippen LogP contribution is -2.40. The molecule has 1 aliphatic heterocycles. The molecular formula is C23H29N3O4S. The van der Waals surface area contributed by atoms with Crippen LogP contribution in [0.2, 0.25) is 0 Å². The van der Waals surface area contributed by atoms with Crippen molar-refractivity contribution in [3.8, 4) is 0 Å². The maximum atomic E-state index is 13.1. The molecule has 0 atom stereocenters. The van der Waals surface area contributed by atoms with E-state index in [1.807, 2.05) is 44.2 Å². The number of morpholine rings is 1. The van der Waals surface area contributed by atoms with Gasteiger partial charge in [0.15, 0.2) is 0 Å². The van der Waals surface area contributed by atoms with Crippen LogP contribution in [0.1, 0.15) is 19.4 Å². The average Bonchev–Trinajstić information content (AvgIpc) is 2.80. The van der Waals surface area contributed by atoms with E-state index in [2.05, 4.69) is 10.2 Å². The number of anilines is 2. The van der Waals surface area contributed by atoms with E-state index < -0.39 is 10.0 Å². The predicted octanol–water partition coefficient (Wildman–Crippen LogP) is 3.21. The highest BCUT2D eigenvalue weighted by molar-refractivity contribution is 7.89. The normalized spacial score (nSPS) is 15.2. The van der Waals surface area contributed by atoms with Crippen molar-refractivity contribution in [3.05, 3.63) is 60.2 Å². The molecule has 0 radical (unpaired) electrons. The van der Waals surface area contributed by atoms with Crippen molar-refractivity contribution in [3.63, 3.8) is 0 Å². The molecule has 1 amide bonds. The Balaban J connectivity index is 1.90. The van der Waals surface area contributed by atoms with Gasteiger partial charge in [-0.15, -0.1) is 0 Å². The summed E-state index contributed by atoms with van der Waals surface area (Å²) >= 11 is 0. The summed E-state index contributed by atoms with van der Waals surface area (Å²) in [5.41, 5.74) is 2.17. The second kappa shape index (κ2) is 10.6. The maximum absolute atomic E-state index is 13.1. The molecule has 1 N–H and O–H groups in total. The fourth-order valence-electron chi connectivity index (χ4n) is 3.46. The molecule has 0 saturated carbocycles. The third-order valence-electron chi connectivity index (χ3n) is 5.16. The minimum atomic E-state index is -3.67. The molecule has 1 aliphatic rings. The number of amides is 1. The molecule has 0 bridgehead atoms. The number of sulfonamides is 1. The molecular weight excluding hydrogens is 414 g/mol. The Labute approximate surface area is 184 Å². The smallest absolute Gasteiger partial charge is 0.248 e. The third-order valence-corrected chi connectivity index (χ3v) is 7.06. The number of hydrogen-bond donors (Lipinski definition) is 1. The van der Waals surface area contributed by atoms with Gasteiger partial charge in [-0.25, -0.2) is 8.42 Å².